The minimum absolute atomic E-state index is 0.172. The van der Waals surface area contributed by atoms with Gasteiger partial charge in [-0.05, 0) is 48.2 Å². The number of benzene rings is 2. The molecule has 3 N–H and O–H groups in total. The molecule has 2 aromatic carbocycles. The summed E-state index contributed by atoms with van der Waals surface area (Å²) >= 11 is 1.25. The molecule has 1 saturated carbocycles. The van der Waals surface area contributed by atoms with Gasteiger partial charge in [-0.25, -0.2) is 9.78 Å². The Morgan fingerprint density at radius 1 is 1.00 bits per heavy atom. The zero-order chi connectivity index (χ0) is 26.9. The zero-order valence-electron chi connectivity index (χ0n) is 21.1. The molecular weight excluding hydrogens is 510 g/mol. The SMILES string of the molecule is C=CC(=O)N[C@H]1CCCC[C@H]1NC(=O)c1sc2nccc3c2c1NC(=O)N3c1cccc(-c2ccccc2)c1. The molecule has 0 bridgehead atoms. The lowest BCUT2D eigenvalue weighted by Gasteiger charge is -2.32. The third kappa shape index (κ3) is 4.66. The molecule has 39 heavy (non-hydrogen) atoms. The van der Waals surface area contributed by atoms with Gasteiger partial charge in [0.15, 0.2) is 0 Å². The highest BCUT2D eigenvalue weighted by molar-refractivity contribution is 7.21. The van der Waals surface area contributed by atoms with Crippen molar-refractivity contribution >= 4 is 56.5 Å². The first-order valence-electron chi connectivity index (χ1n) is 13.0. The van der Waals surface area contributed by atoms with Crippen LogP contribution >= 0.6 is 11.3 Å². The first kappa shape index (κ1) is 24.8. The van der Waals surface area contributed by atoms with Gasteiger partial charge in [0.2, 0.25) is 5.91 Å². The minimum atomic E-state index is -0.346. The lowest BCUT2D eigenvalue weighted by molar-refractivity contribution is -0.117. The van der Waals surface area contributed by atoms with Gasteiger partial charge in [-0.1, -0.05) is 61.9 Å². The Balaban J connectivity index is 1.34. The number of hydrogen-bond donors (Lipinski definition) is 3. The summed E-state index contributed by atoms with van der Waals surface area (Å²) in [6.45, 7) is 3.53. The van der Waals surface area contributed by atoms with E-state index in [2.05, 4.69) is 27.5 Å². The Bertz CT molecular complexity index is 1600. The molecule has 4 amide bonds. The highest BCUT2D eigenvalue weighted by atomic mass is 32.1. The van der Waals surface area contributed by atoms with E-state index < -0.39 is 0 Å². The van der Waals surface area contributed by atoms with Crippen molar-refractivity contribution in [3.05, 3.63) is 84.4 Å². The van der Waals surface area contributed by atoms with Crippen LogP contribution < -0.4 is 20.9 Å². The normalized spacial score (nSPS) is 18.4. The van der Waals surface area contributed by atoms with Crippen LogP contribution in [0.15, 0.2) is 79.5 Å². The molecule has 8 nitrogen and oxygen atoms in total. The summed E-state index contributed by atoms with van der Waals surface area (Å²) in [5.41, 5.74) is 3.91. The second-order valence-corrected chi connectivity index (χ2v) is 10.7. The molecule has 2 aromatic heterocycles. The quantitative estimate of drug-likeness (QED) is 0.263. The van der Waals surface area contributed by atoms with Crippen LogP contribution in [0, 0.1) is 0 Å². The fourth-order valence-corrected chi connectivity index (χ4v) is 6.43. The van der Waals surface area contributed by atoms with E-state index in [4.69, 9.17) is 0 Å². The van der Waals surface area contributed by atoms with E-state index in [0.29, 0.717) is 26.8 Å². The summed E-state index contributed by atoms with van der Waals surface area (Å²) in [4.78, 5) is 46.2. The summed E-state index contributed by atoms with van der Waals surface area (Å²) in [6, 6.07) is 18.9. The number of urea groups is 1. The number of anilines is 3. The molecule has 9 heteroatoms. The molecule has 6 rings (SSSR count). The third-order valence-corrected chi connectivity index (χ3v) is 8.36. The average Bonchev–Trinajstić information content (AvgIpc) is 3.34. The lowest BCUT2D eigenvalue weighted by atomic mass is 9.90. The number of rotatable bonds is 6. The predicted molar refractivity (Wildman–Crippen MR) is 155 cm³/mol. The smallest absolute Gasteiger partial charge is 0.331 e. The van der Waals surface area contributed by atoms with E-state index in [0.717, 1.165) is 42.2 Å². The highest BCUT2D eigenvalue weighted by Gasteiger charge is 2.34. The van der Waals surface area contributed by atoms with Crippen LogP contribution in [-0.4, -0.2) is 34.9 Å². The van der Waals surface area contributed by atoms with Gasteiger partial charge in [-0.15, -0.1) is 11.3 Å². The molecule has 0 unspecified atom stereocenters. The first-order chi connectivity index (χ1) is 19.0. The number of pyridine rings is 1. The van der Waals surface area contributed by atoms with E-state index >= 15 is 0 Å². The average molecular weight is 538 g/mol. The van der Waals surface area contributed by atoms with E-state index in [9.17, 15) is 14.4 Å². The van der Waals surface area contributed by atoms with Gasteiger partial charge in [-0.3, -0.25) is 14.5 Å². The van der Waals surface area contributed by atoms with E-state index in [1.54, 1.807) is 17.2 Å². The van der Waals surface area contributed by atoms with Gasteiger partial charge in [0.1, 0.15) is 9.71 Å². The molecule has 4 aromatic rings. The fraction of sp³-hybridized carbons (Fsp3) is 0.200. The maximum Gasteiger partial charge on any atom is 0.331 e. The standard InChI is InChI=1S/C30H27N5O3S/c1-2-24(36)32-21-13-6-7-14-22(21)33-28(37)27-26-25-23(15-16-31-29(25)39-27)35(30(38)34-26)20-12-8-11-19(17-20)18-9-4-3-5-10-18/h2-5,8-12,15-17,21-22H,1,6-7,13-14H2,(H,32,36)(H,33,37)(H,34,38)/t21-,22+/m0/s1. The topological polar surface area (TPSA) is 103 Å². The number of nitrogens with zero attached hydrogens (tertiary/aromatic N) is 2. The molecule has 1 aliphatic heterocycles. The van der Waals surface area contributed by atoms with Crippen molar-refractivity contribution in [2.24, 2.45) is 0 Å². The summed E-state index contributed by atoms with van der Waals surface area (Å²) in [6.07, 6.45) is 6.39. The van der Waals surface area contributed by atoms with Gasteiger partial charge < -0.3 is 16.0 Å². The van der Waals surface area contributed by atoms with Crippen LogP contribution in [0.1, 0.15) is 35.4 Å². The van der Waals surface area contributed by atoms with Gasteiger partial charge >= 0.3 is 6.03 Å². The summed E-state index contributed by atoms with van der Waals surface area (Å²) in [5, 5.41) is 9.75. The molecular formula is C30H27N5O3S. The fourth-order valence-electron chi connectivity index (χ4n) is 5.41. The van der Waals surface area contributed by atoms with Gasteiger partial charge in [0, 0.05) is 18.3 Å². The monoisotopic (exact) mass is 537 g/mol. The van der Waals surface area contributed by atoms with Crippen molar-refractivity contribution in [3.8, 4) is 11.1 Å². The predicted octanol–water partition coefficient (Wildman–Crippen LogP) is 5.99. The lowest BCUT2D eigenvalue weighted by Crippen LogP contribution is -2.52. The number of aromatic nitrogens is 1. The Hall–Kier alpha value is -4.50. The van der Waals surface area contributed by atoms with Crippen molar-refractivity contribution in [3.63, 3.8) is 0 Å². The van der Waals surface area contributed by atoms with E-state index in [1.165, 1.54) is 17.4 Å². The Morgan fingerprint density at radius 2 is 1.74 bits per heavy atom. The Morgan fingerprint density at radius 3 is 2.51 bits per heavy atom. The maximum absolute atomic E-state index is 13.5. The van der Waals surface area contributed by atoms with Gasteiger partial charge in [0.25, 0.3) is 5.91 Å². The van der Waals surface area contributed by atoms with Crippen LogP contribution in [0.3, 0.4) is 0 Å². The van der Waals surface area contributed by atoms with E-state index in [-0.39, 0.29) is 29.9 Å². The van der Waals surface area contributed by atoms with Gasteiger partial charge in [0.05, 0.1) is 22.4 Å². The molecule has 3 heterocycles. The number of nitrogens with one attached hydrogen (secondary N) is 3. The number of carbonyl (C=O) groups is 3. The number of amides is 4. The molecule has 1 fully saturated rings. The third-order valence-electron chi connectivity index (χ3n) is 7.26. The second kappa shape index (κ2) is 10.3. The molecule has 0 saturated heterocycles. The number of thiophene rings is 1. The summed E-state index contributed by atoms with van der Waals surface area (Å²) in [7, 11) is 0. The number of carbonyl (C=O) groups excluding carboxylic acids is 3. The minimum Gasteiger partial charge on any atom is -0.348 e. The summed E-state index contributed by atoms with van der Waals surface area (Å²) < 4.78 is 0. The Kier molecular flexibility index (Phi) is 6.58. The van der Waals surface area contributed by atoms with Crippen molar-refractivity contribution in [2.45, 2.75) is 37.8 Å². The second-order valence-electron chi connectivity index (χ2n) is 9.68. The van der Waals surface area contributed by atoms with Crippen LogP contribution in [0.25, 0.3) is 21.3 Å². The van der Waals surface area contributed by atoms with E-state index in [1.807, 2.05) is 54.6 Å². The molecule has 1 aliphatic carbocycles. The first-order valence-corrected chi connectivity index (χ1v) is 13.8. The van der Waals surface area contributed by atoms with Gasteiger partial charge in [-0.2, -0.15) is 0 Å². The van der Waals surface area contributed by atoms with Crippen LogP contribution in [-0.2, 0) is 4.79 Å². The molecule has 2 atom stereocenters. The molecule has 2 aliphatic rings. The molecule has 196 valence electrons. The molecule has 0 spiro atoms. The van der Waals surface area contributed by atoms with Crippen LogP contribution in [0.5, 0.6) is 0 Å². The summed E-state index contributed by atoms with van der Waals surface area (Å²) in [5.74, 6) is -0.542. The van der Waals surface area contributed by atoms with Crippen LogP contribution in [0.2, 0.25) is 0 Å². The largest absolute Gasteiger partial charge is 0.348 e. The van der Waals surface area contributed by atoms with Crippen molar-refractivity contribution in [1.82, 2.24) is 15.6 Å². The Labute approximate surface area is 229 Å². The highest BCUT2D eigenvalue weighted by Crippen LogP contribution is 2.46. The van der Waals surface area contributed by atoms with Crippen molar-refractivity contribution in [1.29, 1.82) is 0 Å². The van der Waals surface area contributed by atoms with Crippen molar-refractivity contribution < 1.29 is 14.4 Å². The maximum atomic E-state index is 13.5. The van der Waals surface area contributed by atoms with Crippen molar-refractivity contribution in [2.75, 3.05) is 10.2 Å². The number of hydrogen-bond acceptors (Lipinski definition) is 5. The zero-order valence-corrected chi connectivity index (χ0v) is 22.0. The van der Waals surface area contributed by atoms with Crippen LogP contribution in [0.4, 0.5) is 21.9 Å². The molecule has 0 radical (unpaired) electrons.